The highest BCUT2D eigenvalue weighted by Gasteiger charge is 2.24. The third kappa shape index (κ3) is 4.41. The van der Waals surface area contributed by atoms with Gasteiger partial charge >= 0.3 is 0 Å². The Balaban J connectivity index is 1.74. The number of hydrogen-bond donors (Lipinski definition) is 1. The average Bonchev–Trinajstić information content (AvgIpc) is 3.25. The molecule has 0 radical (unpaired) electrons. The molecule has 0 aliphatic carbocycles. The number of nitrogens with one attached hydrogen (secondary N) is 1. The lowest BCUT2D eigenvalue weighted by Gasteiger charge is -2.27. The van der Waals surface area contributed by atoms with Crippen molar-refractivity contribution in [2.24, 2.45) is 0 Å². The smallest absolute Gasteiger partial charge is 0.268 e. The molecule has 4 rings (SSSR count). The van der Waals surface area contributed by atoms with E-state index in [0.717, 1.165) is 11.1 Å². The number of rotatable bonds is 6. The van der Waals surface area contributed by atoms with Crippen LogP contribution in [0.5, 0.6) is 0 Å². The van der Waals surface area contributed by atoms with E-state index in [0.29, 0.717) is 44.1 Å². The Morgan fingerprint density at radius 1 is 1.03 bits per heavy atom. The van der Waals surface area contributed by atoms with Crippen molar-refractivity contribution < 1.29 is 17.9 Å². The molecule has 1 fully saturated rings. The van der Waals surface area contributed by atoms with Gasteiger partial charge in [0.1, 0.15) is 0 Å². The zero-order chi connectivity index (χ0) is 21.8. The Hall–Kier alpha value is -2.94. The van der Waals surface area contributed by atoms with Gasteiger partial charge in [-0.3, -0.25) is 4.79 Å². The topological polar surface area (TPSA) is 80.6 Å². The number of carbonyl (C=O) groups excluding carboxylic acids is 1. The summed E-state index contributed by atoms with van der Waals surface area (Å²) in [6.45, 7) is 2.51. The SMILES string of the molecule is CNCc1cc(-c2ccccc2)n(S(=O)(=O)c2cccc(C(=O)N3CCOCC3)c2)c1. The summed E-state index contributed by atoms with van der Waals surface area (Å²) in [5.41, 5.74) is 2.59. The molecule has 1 N–H and O–H groups in total. The van der Waals surface area contributed by atoms with Crippen molar-refractivity contribution >= 4 is 15.9 Å². The molecule has 162 valence electrons. The number of ether oxygens (including phenoxy) is 1. The summed E-state index contributed by atoms with van der Waals surface area (Å²) in [5, 5.41) is 3.06. The van der Waals surface area contributed by atoms with Crippen LogP contribution in [0.1, 0.15) is 15.9 Å². The number of morpholine rings is 1. The van der Waals surface area contributed by atoms with Crippen molar-refractivity contribution in [2.45, 2.75) is 11.4 Å². The molecule has 2 heterocycles. The zero-order valence-electron chi connectivity index (χ0n) is 17.3. The van der Waals surface area contributed by atoms with E-state index >= 15 is 0 Å². The van der Waals surface area contributed by atoms with Crippen molar-refractivity contribution in [1.82, 2.24) is 14.2 Å². The highest BCUT2D eigenvalue weighted by atomic mass is 32.2. The van der Waals surface area contributed by atoms with Gasteiger partial charge in [-0.25, -0.2) is 12.4 Å². The molecule has 0 spiro atoms. The molecular formula is C23H25N3O4S. The number of nitrogens with zero attached hydrogens (tertiary/aromatic N) is 2. The minimum Gasteiger partial charge on any atom is -0.378 e. The third-order valence-corrected chi connectivity index (χ3v) is 6.90. The van der Waals surface area contributed by atoms with Gasteiger partial charge in [-0.2, -0.15) is 0 Å². The second kappa shape index (κ2) is 9.05. The minimum atomic E-state index is -3.91. The molecule has 0 atom stereocenters. The first-order valence-electron chi connectivity index (χ1n) is 10.1. The highest BCUT2D eigenvalue weighted by molar-refractivity contribution is 7.90. The summed E-state index contributed by atoms with van der Waals surface area (Å²) >= 11 is 0. The van der Waals surface area contributed by atoms with E-state index in [1.807, 2.05) is 43.4 Å². The van der Waals surface area contributed by atoms with Crippen molar-refractivity contribution in [3.8, 4) is 11.3 Å². The molecule has 1 saturated heterocycles. The monoisotopic (exact) mass is 439 g/mol. The maximum atomic E-state index is 13.6. The normalized spacial score (nSPS) is 14.5. The number of carbonyl (C=O) groups is 1. The molecule has 3 aromatic rings. The minimum absolute atomic E-state index is 0.0791. The van der Waals surface area contributed by atoms with Gasteiger partial charge in [0.25, 0.3) is 15.9 Å². The molecule has 1 aliphatic rings. The summed E-state index contributed by atoms with van der Waals surface area (Å²) in [7, 11) is -2.09. The fraction of sp³-hybridized carbons (Fsp3) is 0.261. The Kier molecular flexibility index (Phi) is 6.22. The third-order valence-electron chi connectivity index (χ3n) is 5.23. The first kappa shape index (κ1) is 21.3. The van der Waals surface area contributed by atoms with Crippen molar-refractivity contribution in [3.63, 3.8) is 0 Å². The van der Waals surface area contributed by atoms with Gasteiger partial charge in [0.15, 0.2) is 0 Å². The molecule has 8 heteroatoms. The Bertz CT molecular complexity index is 1170. The number of aromatic nitrogens is 1. The van der Waals surface area contributed by atoms with Crippen LogP contribution in [0.25, 0.3) is 11.3 Å². The van der Waals surface area contributed by atoms with Gasteiger partial charge in [0, 0.05) is 31.4 Å². The van der Waals surface area contributed by atoms with E-state index in [-0.39, 0.29) is 10.8 Å². The molecule has 0 saturated carbocycles. The average molecular weight is 440 g/mol. The molecule has 2 aromatic carbocycles. The van der Waals surface area contributed by atoms with E-state index in [9.17, 15) is 13.2 Å². The van der Waals surface area contributed by atoms with E-state index in [1.54, 1.807) is 23.2 Å². The quantitative estimate of drug-likeness (QED) is 0.639. The Labute approximate surface area is 182 Å². The molecule has 1 amide bonds. The van der Waals surface area contributed by atoms with Gasteiger partial charge in [-0.05, 0) is 42.4 Å². The number of benzene rings is 2. The molecule has 1 aliphatic heterocycles. The largest absolute Gasteiger partial charge is 0.378 e. The molecule has 7 nitrogen and oxygen atoms in total. The summed E-state index contributed by atoms with van der Waals surface area (Å²) in [6.07, 6.45) is 1.63. The van der Waals surface area contributed by atoms with E-state index < -0.39 is 10.0 Å². The first-order chi connectivity index (χ1) is 15.0. The summed E-state index contributed by atoms with van der Waals surface area (Å²) < 4.78 is 33.8. The van der Waals surface area contributed by atoms with Crippen LogP contribution in [0.4, 0.5) is 0 Å². The van der Waals surface area contributed by atoms with E-state index in [4.69, 9.17) is 4.74 Å². The van der Waals surface area contributed by atoms with Crippen LogP contribution >= 0.6 is 0 Å². The molecule has 1 aromatic heterocycles. The summed E-state index contributed by atoms with van der Waals surface area (Å²) in [6, 6.07) is 17.5. The number of hydrogen-bond acceptors (Lipinski definition) is 5. The van der Waals surface area contributed by atoms with Crippen LogP contribution in [-0.4, -0.2) is 56.5 Å². The van der Waals surface area contributed by atoms with Crippen molar-refractivity contribution in [2.75, 3.05) is 33.4 Å². The van der Waals surface area contributed by atoms with Gasteiger partial charge in [0.05, 0.1) is 23.8 Å². The maximum Gasteiger partial charge on any atom is 0.268 e. The van der Waals surface area contributed by atoms with Crippen molar-refractivity contribution in [3.05, 3.63) is 78.0 Å². The van der Waals surface area contributed by atoms with Crippen LogP contribution < -0.4 is 5.32 Å². The van der Waals surface area contributed by atoms with Gasteiger partial charge in [0.2, 0.25) is 0 Å². The van der Waals surface area contributed by atoms with Crippen LogP contribution in [0.2, 0.25) is 0 Å². The molecule has 31 heavy (non-hydrogen) atoms. The van der Waals surface area contributed by atoms with Crippen LogP contribution in [0.15, 0.2) is 71.8 Å². The zero-order valence-corrected chi connectivity index (χ0v) is 18.1. The Morgan fingerprint density at radius 2 is 1.77 bits per heavy atom. The molecule has 0 unspecified atom stereocenters. The lowest BCUT2D eigenvalue weighted by Crippen LogP contribution is -2.40. The van der Waals surface area contributed by atoms with E-state index in [2.05, 4.69) is 5.32 Å². The van der Waals surface area contributed by atoms with Crippen molar-refractivity contribution in [1.29, 1.82) is 0 Å². The summed E-state index contributed by atoms with van der Waals surface area (Å²) in [5.74, 6) is -0.188. The van der Waals surface area contributed by atoms with Crippen LogP contribution in [-0.2, 0) is 21.3 Å². The fourth-order valence-corrected chi connectivity index (χ4v) is 5.11. The maximum absolute atomic E-state index is 13.6. The molecular weight excluding hydrogens is 414 g/mol. The van der Waals surface area contributed by atoms with Crippen LogP contribution in [0.3, 0.4) is 0 Å². The fourth-order valence-electron chi connectivity index (χ4n) is 3.67. The summed E-state index contributed by atoms with van der Waals surface area (Å²) in [4.78, 5) is 14.6. The second-order valence-corrected chi connectivity index (χ2v) is 9.18. The van der Waals surface area contributed by atoms with E-state index in [1.165, 1.54) is 16.1 Å². The molecule has 0 bridgehead atoms. The second-order valence-electron chi connectivity index (χ2n) is 7.36. The predicted molar refractivity (Wildman–Crippen MR) is 118 cm³/mol. The number of amides is 1. The predicted octanol–water partition coefficient (Wildman–Crippen LogP) is 2.58. The Morgan fingerprint density at radius 3 is 2.48 bits per heavy atom. The standard InChI is InChI=1S/C23H25N3O4S/c1-24-16-18-14-22(19-6-3-2-4-7-19)26(17-18)31(28,29)21-9-5-8-20(15-21)23(27)25-10-12-30-13-11-25/h2-9,14-15,17,24H,10-13,16H2,1H3. The van der Waals surface area contributed by atoms with Gasteiger partial charge < -0.3 is 15.0 Å². The highest BCUT2D eigenvalue weighted by Crippen LogP contribution is 2.27. The van der Waals surface area contributed by atoms with Gasteiger partial charge in [-0.1, -0.05) is 36.4 Å². The van der Waals surface area contributed by atoms with Gasteiger partial charge in [-0.15, -0.1) is 0 Å². The lowest BCUT2D eigenvalue weighted by atomic mass is 10.1. The lowest BCUT2D eigenvalue weighted by molar-refractivity contribution is 0.0302. The first-order valence-corrected chi connectivity index (χ1v) is 11.6. The van der Waals surface area contributed by atoms with Crippen LogP contribution in [0, 0.1) is 0 Å².